The van der Waals surface area contributed by atoms with Crippen molar-refractivity contribution in [2.75, 3.05) is 0 Å². The zero-order valence-corrected chi connectivity index (χ0v) is 14.6. The van der Waals surface area contributed by atoms with Crippen LogP contribution in [-0.2, 0) is 4.79 Å². The van der Waals surface area contributed by atoms with Crippen LogP contribution in [0.2, 0.25) is 0 Å². The van der Waals surface area contributed by atoms with Gasteiger partial charge >= 0.3 is 0 Å². The predicted molar refractivity (Wildman–Crippen MR) is 92.6 cm³/mol. The molecule has 5 aliphatic rings. The summed E-state index contributed by atoms with van der Waals surface area (Å²) in [5.74, 6) is 5.36. The molecule has 5 aliphatic carbocycles. The first kappa shape index (κ1) is 14.9. The van der Waals surface area contributed by atoms with E-state index in [2.05, 4.69) is 25.6 Å². The fourth-order valence-electron chi connectivity index (χ4n) is 7.71. The monoisotopic (exact) mass is 321 g/mol. The smallest absolute Gasteiger partial charge is 0.155 e. The van der Waals surface area contributed by atoms with Crippen molar-refractivity contribution in [1.82, 2.24) is 0 Å². The minimum absolute atomic E-state index is 0.233. The van der Waals surface area contributed by atoms with Crippen LogP contribution in [-0.4, -0.2) is 5.78 Å². The van der Waals surface area contributed by atoms with Gasteiger partial charge in [-0.15, -0.1) is 6.58 Å². The van der Waals surface area contributed by atoms with Crippen LogP contribution in [0.1, 0.15) is 45.4 Å². The summed E-state index contributed by atoms with van der Waals surface area (Å²) in [6, 6.07) is 2.70. The van der Waals surface area contributed by atoms with E-state index in [-0.39, 0.29) is 11.3 Å². The van der Waals surface area contributed by atoms with E-state index < -0.39 is 0 Å². The lowest BCUT2D eigenvalue weighted by Gasteiger charge is -2.56. The highest BCUT2D eigenvalue weighted by molar-refractivity contribution is 5.91. The molecule has 0 spiro atoms. The summed E-state index contributed by atoms with van der Waals surface area (Å²) in [6.07, 6.45) is 10.7. The van der Waals surface area contributed by atoms with Crippen LogP contribution in [0.4, 0.5) is 0 Å². The third-order valence-corrected chi connectivity index (χ3v) is 8.63. The average molecular weight is 321 g/mol. The van der Waals surface area contributed by atoms with Gasteiger partial charge in [-0.1, -0.05) is 18.6 Å². The lowest BCUT2D eigenvalue weighted by atomic mass is 9.47. The summed E-state index contributed by atoms with van der Waals surface area (Å²) >= 11 is 0. The van der Waals surface area contributed by atoms with Crippen molar-refractivity contribution in [2.24, 2.45) is 52.8 Å². The molecular weight excluding hydrogens is 294 g/mol. The third kappa shape index (κ3) is 1.74. The second-order valence-electron chi connectivity index (χ2n) is 9.42. The minimum Gasteiger partial charge on any atom is -0.295 e. The normalized spacial score (nSPS) is 54.5. The van der Waals surface area contributed by atoms with Crippen LogP contribution in [0.3, 0.4) is 0 Å². The maximum Gasteiger partial charge on any atom is 0.155 e. The molecule has 0 amide bonds. The van der Waals surface area contributed by atoms with Crippen molar-refractivity contribution < 1.29 is 4.79 Å². The lowest BCUT2D eigenvalue weighted by molar-refractivity contribution is -0.116. The van der Waals surface area contributed by atoms with Crippen LogP contribution in [0.5, 0.6) is 0 Å². The van der Waals surface area contributed by atoms with Gasteiger partial charge in [0.2, 0.25) is 0 Å². The molecule has 0 radical (unpaired) electrons. The van der Waals surface area contributed by atoms with E-state index >= 15 is 0 Å². The SMILES string of the molecule is C=CC1CC2=CC(=O)CCC2C2CCC3(C)C(C#N)C4CC4C3C12. The number of allylic oxidation sites excluding steroid dienone is 2. The van der Waals surface area contributed by atoms with Crippen molar-refractivity contribution >= 4 is 5.78 Å². The van der Waals surface area contributed by atoms with Gasteiger partial charge in [0.25, 0.3) is 0 Å². The second kappa shape index (κ2) is 4.84. The number of fused-ring (bicyclic) bond motifs is 7. The number of hydrogen-bond acceptors (Lipinski definition) is 2. The van der Waals surface area contributed by atoms with Gasteiger partial charge in [-0.2, -0.15) is 5.26 Å². The van der Waals surface area contributed by atoms with Gasteiger partial charge in [-0.05, 0) is 85.0 Å². The highest BCUT2D eigenvalue weighted by Gasteiger charge is 2.70. The van der Waals surface area contributed by atoms with E-state index in [4.69, 9.17) is 0 Å². The van der Waals surface area contributed by atoms with Gasteiger partial charge in [0.1, 0.15) is 0 Å². The Morgan fingerprint density at radius 2 is 2.17 bits per heavy atom. The average Bonchev–Trinajstić information content (AvgIpc) is 3.28. The highest BCUT2D eigenvalue weighted by Crippen LogP contribution is 2.74. The summed E-state index contributed by atoms with van der Waals surface area (Å²) in [5.41, 5.74) is 1.65. The Kier molecular flexibility index (Phi) is 3.01. The first-order valence-electron chi connectivity index (χ1n) is 9.84. The van der Waals surface area contributed by atoms with Crippen LogP contribution in [0, 0.1) is 64.1 Å². The molecule has 0 aromatic carbocycles. The standard InChI is InChI=1S/C22H27NO/c1-3-12-8-13-9-14(24)4-5-15(13)16-6-7-22(2)19(11-23)17-10-18(17)21(22)20(12)16/h3,9,12,15-21H,1,4-8,10H2,2H3. The molecule has 0 heterocycles. The molecule has 126 valence electrons. The molecule has 9 unspecified atom stereocenters. The summed E-state index contributed by atoms with van der Waals surface area (Å²) in [6.45, 7) is 6.59. The molecule has 0 saturated heterocycles. The third-order valence-electron chi connectivity index (χ3n) is 8.63. The highest BCUT2D eigenvalue weighted by atomic mass is 16.1. The largest absolute Gasteiger partial charge is 0.295 e. The first-order valence-corrected chi connectivity index (χ1v) is 9.84. The van der Waals surface area contributed by atoms with Gasteiger partial charge in [-0.3, -0.25) is 4.79 Å². The molecule has 5 rings (SSSR count). The molecule has 24 heavy (non-hydrogen) atoms. The van der Waals surface area contributed by atoms with E-state index in [0.717, 1.165) is 31.1 Å². The number of carbonyl (C=O) groups excluding carboxylic acids is 1. The zero-order chi connectivity index (χ0) is 16.6. The minimum atomic E-state index is 0.233. The molecule has 2 nitrogen and oxygen atoms in total. The Labute approximate surface area is 145 Å². The van der Waals surface area contributed by atoms with Gasteiger partial charge in [0, 0.05) is 6.42 Å². The number of nitrogens with zero attached hydrogens (tertiary/aromatic N) is 1. The van der Waals surface area contributed by atoms with Gasteiger partial charge < -0.3 is 0 Å². The zero-order valence-electron chi connectivity index (χ0n) is 14.6. The number of carbonyl (C=O) groups is 1. The summed E-state index contributed by atoms with van der Waals surface area (Å²) in [4.78, 5) is 11.9. The Bertz CT molecular complexity index is 685. The van der Waals surface area contributed by atoms with Crippen molar-refractivity contribution in [3.63, 3.8) is 0 Å². The van der Waals surface area contributed by atoms with Crippen LogP contribution in [0.25, 0.3) is 0 Å². The quantitative estimate of drug-likeness (QED) is 0.665. The van der Waals surface area contributed by atoms with Gasteiger partial charge in [-0.25, -0.2) is 0 Å². The molecule has 0 aromatic rings. The van der Waals surface area contributed by atoms with E-state index in [9.17, 15) is 10.1 Å². The number of hydrogen-bond donors (Lipinski definition) is 0. The fourth-order valence-corrected chi connectivity index (χ4v) is 7.71. The molecule has 4 saturated carbocycles. The Balaban J connectivity index is 1.56. The molecule has 0 bridgehead atoms. The van der Waals surface area contributed by atoms with Crippen molar-refractivity contribution in [1.29, 1.82) is 5.26 Å². The van der Waals surface area contributed by atoms with E-state index in [0.29, 0.717) is 35.4 Å². The molecule has 2 heteroatoms. The van der Waals surface area contributed by atoms with Crippen LogP contribution >= 0.6 is 0 Å². The Hall–Kier alpha value is -1.36. The molecule has 0 N–H and O–H groups in total. The molecular formula is C22H27NO. The summed E-state index contributed by atoms with van der Waals surface area (Å²) in [5, 5.41) is 9.79. The number of nitriles is 1. The van der Waals surface area contributed by atoms with Crippen LogP contribution in [0.15, 0.2) is 24.3 Å². The topological polar surface area (TPSA) is 40.9 Å². The Morgan fingerprint density at radius 1 is 1.33 bits per heavy atom. The maximum absolute atomic E-state index is 11.9. The second-order valence-corrected chi connectivity index (χ2v) is 9.42. The summed E-state index contributed by atoms with van der Waals surface area (Å²) in [7, 11) is 0. The predicted octanol–water partition coefficient (Wildman–Crippen LogP) is 4.54. The summed E-state index contributed by atoms with van der Waals surface area (Å²) < 4.78 is 0. The number of rotatable bonds is 1. The Morgan fingerprint density at radius 3 is 2.92 bits per heavy atom. The fraction of sp³-hybridized carbons (Fsp3) is 0.727. The van der Waals surface area contributed by atoms with Gasteiger partial charge in [0.05, 0.1) is 12.0 Å². The van der Waals surface area contributed by atoms with Crippen molar-refractivity contribution in [2.45, 2.75) is 45.4 Å². The molecule has 9 atom stereocenters. The molecule has 4 fully saturated rings. The van der Waals surface area contributed by atoms with E-state index in [1.54, 1.807) is 0 Å². The molecule has 0 aliphatic heterocycles. The lowest BCUT2D eigenvalue weighted by Crippen LogP contribution is -2.50. The van der Waals surface area contributed by atoms with E-state index in [1.165, 1.54) is 24.8 Å². The van der Waals surface area contributed by atoms with Gasteiger partial charge in [0.15, 0.2) is 5.78 Å². The molecule has 0 aromatic heterocycles. The van der Waals surface area contributed by atoms with Crippen LogP contribution < -0.4 is 0 Å². The maximum atomic E-state index is 11.9. The van der Waals surface area contributed by atoms with E-state index in [1.807, 2.05) is 6.08 Å². The van der Waals surface area contributed by atoms with Crippen molar-refractivity contribution in [3.05, 3.63) is 24.3 Å². The number of ketones is 1. The van der Waals surface area contributed by atoms with Crippen molar-refractivity contribution in [3.8, 4) is 6.07 Å². The first-order chi connectivity index (χ1) is 11.6.